The molecule has 0 unspecified atom stereocenters. The number of aryl methyl sites for hydroxylation is 1. The highest BCUT2D eigenvalue weighted by Crippen LogP contribution is 2.22. The van der Waals surface area contributed by atoms with Gasteiger partial charge in [-0.25, -0.2) is 0 Å². The molecule has 1 aromatic rings. The number of carbonyl (C=O) groups is 2. The molecule has 0 aliphatic carbocycles. The Morgan fingerprint density at radius 3 is 2.90 bits per heavy atom. The average molecular weight is 295 g/mol. The van der Waals surface area contributed by atoms with Crippen LogP contribution in [0.1, 0.15) is 24.9 Å². The number of hydrogen-bond acceptors (Lipinski definition) is 6. The number of carboxylic acid groups (broad SMARTS) is 1. The molecule has 0 radical (unpaired) electrons. The fourth-order valence-electron chi connectivity index (χ4n) is 1.54. The lowest BCUT2D eigenvalue weighted by Crippen LogP contribution is -2.26. The molecule has 1 aliphatic rings. The number of thioether (sulfide) groups is 1. The van der Waals surface area contributed by atoms with Gasteiger partial charge in [-0.15, -0.1) is 10.2 Å². The van der Waals surface area contributed by atoms with Crippen molar-refractivity contribution < 1.29 is 19.1 Å². The van der Waals surface area contributed by atoms with Crippen LogP contribution < -0.4 is 5.32 Å². The molecular formula is C12H13N3O4S. The van der Waals surface area contributed by atoms with Crippen LogP contribution in [0.2, 0.25) is 0 Å². The van der Waals surface area contributed by atoms with Crippen LogP contribution >= 0.6 is 11.8 Å². The first kappa shape index (κ1) is 14.3. The summed E-state index contributed by atoms with van der Waals surface area (Å²) in [5.74, 6) is -0.0157. The van der Waals surface area contributed by atoms with Gasteiger partial charge >= 0.3 is 5.97 Å². The van der Waals surface area contributed by atoms with Crippen molar-refractivity contribution in [3.8, 4) is 0 Å². The number of hydrogen-bond donors (Lipinski definition) is 2. The molecule has 7 nitrogen and oxygen atoms in total. The molecule has 1 amide bonds. The van der Waals surface area contributed by atoms with E-state index in [2.05, 4.69) is 15.5 Å². The van der Waals surface area contributed by atoms with E-state index in [1.165, 1.54) is 0 Å². The predicted molar refractivity (Wildman–Crippen MR) is 74.9 cm³/mol. The van der Waals surface area contributed by atoms with Crippen LogP contribution in [0.3, 0.4) is 0 Å². The Kier molecular flexibility index (Phi) is 4.23. The average Bonchev–Trinajstić information content (AvgIpc) is 2.93. The van der Waals surface area contributed by atoms with Crippen LogP contribution in [0.5, 0.6) is 0 Å². The van der Waals surface area contributed by atoms with Gasteiger partial charge in [-0.3, -0.25) is 9.59 Å². The molecule has 1 saturated heterocycles. The van der Waals surface area contributed by atoms with Gasteiger partial charge < -0.3 is 14.8 Å². The van der Waals surface area contributed by atoms with Crippen molar-refractivity contribution >= 4 is 34.5 Å². The van der Waals surface area contributed by atoms with Gasteiger partial charge in [-0.1, -0.05) is 11.8 Å². The zero-order valence-electron chi connectivity index (χ0n) is 10.9. The van der Waals surface area contributed by atoms with Crippen molar-refractivity contribution in [3.05, 3.63) is 23.7 Å². The molecule has 0 aromatic carbocycles. The lowest BCUT2D eigenvalue weighted by molar-refractivity contribution is -0.138. The van der Waals surface area contributed by atoms with Gasteiger partial charge in [0, 0.05) is 0 Å². The Bertz CT molecular complexity index is 606. The number of nitrogens with zero attached hydrogens (tertiary/aromatic N) is 2. The maximum atomic E-state index is 11.5. The zero-order chi connectivity index (χ0) is 14.7. The quantitative estimate of drug-likeness (QED) is 0.645. The molecule has 0 spiro atoms. The first-order chi connectivity index (χ1) is 9.45. The second-order valence-electron chi connectivity index (χ2n) is 4.19. The number of furan rings is 1. The molecular weight excluding hydrogens is 282 g/mol. The Labute approximate surface area is 119 Å². The van der Waals surface area contributed by atoms with E-state index < -0.39 is 11.2 Å². The molecule has 106 valence electrons. The third-order valence-electron chi connectivity index (χ3n) is 2.52. The van der Waals surface area contributed by atoms with Crippen LogP contribution in [0, 0.1) is 6.92 Å². The lowest BCUT2D eigenvalue weighted by Gasteiger charge is -1.98. The number of rotatable bonds is 4. The molecule has 1 aliphatic heterocycles. The molecule has 2 rings (SSSR count). The summed E-state index contributed by atoms with van der Waals surface area (Å²) in [6.07, 6.45) is -0.240. The van der Waals surface area contributed by atoms with E-state index in [0.29, 0.717) is 16.6 Å². The summed E-state index contributed by atoms with van der Waals surface area (Å²) >= 11 is 1.06. The first-order valence-electron chi connectivity index (χ1n) is 5.84. The van der Waals surface area contributed by atoms with Gasteiger partial charge in [0.1, 0.15) is 22.5 Å². The highest BCUT2D eigenvalue weighted by molar-refractivity contribution is 8.15. The molecule has 1 aromatic heterocycles. The highest BCUT2D eigenvalue weighted by Gasteiger charge is 2.32. The molecule has 1 fully saturated rings. The number of amidine groups is 1. The van der Waals surface area contributed by atoms with Crippen molar-refractivity contribution in [2.75, 3.05) is 0 Å². The van der Waals surface area contributed by atoms with E-state index in [1.807, 2.05) is 13.0 Å². The molecule has 1 atom stereocenters. The summed E-state index contributed by atoms with van der Waals surface area (Å²) in [5, 5.41) is 18.7. The van der Waals surface area contributed by atoms with E-state index in [0.717, 1.165) is 17.5 Å². The Hall–Kier alpha value is -2.09. The molecule has 8 heteroatoms. The van der Waals surface area contributed by atoms with E-state index in [9.17, 15) is 9.59 Å². The minimum Gasteiger partial charge on any atom is -0.481 e. The van der Waals surface area contributed by atoms with Gasteiger partial charge in [0.25, 0.3) is 0 Å². The standard InChI is InChI=1S/C12H13N3O4S/c1-6-3-4-8(19-6)7(2)14-15-12-13-11(18)9(20-12)5-10(16)17/h3-4,9H,5H2,1-2H3,(H,16,17)(H,13,15,18)/b14-7-/t9-/m1/s1. The maximum absolute atomic E-state index is 11.5. The number of aliphatic carboxylic acids is 1. The van der Waals surface area contributed by atoms with Crippen LogP contribution in [0.15, 0.2) is 26.8 Å². The van der Waals surface area contributed by atoms with Gasteiger partial charge in [-0.05, 0) is 26.0 Å². The lowest BCUT2D eigenvalue weighted by atomic mass is 10.3. The summed E-state index contributed by atoms with van der Waals surface area (Å²) in [7, 11) is 0. The summed E-state index contributed by atoms with van der Waals surface area (Å²) in [4.78, 5) is 22.1. The SMILES string of the molecule is C/C(=N/N=C1/NC(=O)[C@@H](CC(=O)O)S1)c1ccc(C)o1. The molecule has 2 N–H and O–H groups in total. The van der Waals surface area contributed by atoms with Crippen molar-refractivity contribution in [2.45, 2.75) is 25.5 Å². The molecule has 0 bridgehead atoms. The normalized spacial score (nSPS) is 21.3. The van der Waals surface area contributed by atoms with Crippen LogP contribution in [-0.2, 0) is 9.59 Å². The number of carbonyl (C=O) groups excluding carboxylic acids is 1. The summed E-state index contributed by atoms with van der Waals surface area (Å²) in [6.45, 7) is 3.56. The smallest absolute Gasteiger partial charge is 0.305 e. The van der Waals surface area contributed by atoms with Crippen LogP contribution in [-0.4, -0.2) is 33.1 Å². The van der Waals surface area contributed by atoms with Crippen molar-refractivity contribution in [3.63, 3.8) is 0 Å². The number of nitrogens with one attached hydrogen (secondary N) is 1. The van der Waals surface area contributed by atoms with E-state index >= 15 is 0 Å². The topological polar surface area (TPSA) is 104 Å². The molecule has 0 saturated carbocycles. The molecule has 2 heterocycles. The highest BCUT2D eigenvalue weighted by atomic mass is 32.2. The van der Waals surface area contributed by atoms with Crippen molar-refractivity contribution in [1.82, 2.24) is 5.32 Å². The van der Waals surface area contributed by atoms with E-state index in [4.69, 9.17) is 9.52 Å². The van der Waals surface area contributed by atoms with Gasteiger partial charge in [-0.2, -0.15) is 0 Å². The Balaban J connectivity index is 2.05. The molecule has 20 heavy (non-hydrogen) atoms. The van der Waals surface area contributed by atoms with Crippen molar-refractivity contribution in [1.29, 1.82) is 0 Å². The van der Waals surface area contributed by atoms with Gasteiger partial charge in [0.15, 0.2) is 5.17 Å². The third-order valence-corrected chi connectivity index (χ3v) is 3.60. The van der Waals surface area contributed by atoms with Crippen molar-refractivity contribution in [2.24, 2.45) is 10.2 Å². The van der Waals surface area contributed by atoms with E-state index in [1.54, 1.807) is 13.0 Å². The first-order valence-corrected chi connectivity index (χ1v) is 6.72. The van der Waals surface area contributed by atoms with Gasteiger partial charge in [0.2, 0.25) is 5.91 Å². The zero-order valence-corrected chi connectivity index (χ0v) is 11.7. The van der Waals surface area contributed by atoms with E-state index in [-0.39, 0.29) is 12.3 Å². The largest absolute Gasteiger partial charge is 0.481 e. The summed E-state index contributed by atoms with van der Waals surface area (Å²) in [6, 6.07) is 3.60. The Morgan fingerprint density at radius 1 is 1.55 bits per heavy atom. The third kappa shape index (κ3) is 3.47. The fraction of sp³-hybridized carbons (Fsp3) is 0.333. The predicted octanol–water partition coefficient (Wildman–Crippen LogP) is 1.37. The summed E-state index contributed by atoms with van der Waals surface area (Å²) in [5.41, 5.74) is 0.571. The maximum Gasteiger partial charge on any atom is 0.305 e. The number of carboxylic acids is 1. The monoisotopic (exact) mass is 295 g/mol. The minimum absolute atomic E-state index is 0.240. The fourth-order valence-corrected chi connectivity index (χ4v) is 2.45. The number of amides is 1. The van der Waals surface area contributed by atoms with Crippen LogP contribution in [0.4, 0.5) is 0 Å². The minimum atomic E-state index is -1.02. The Morgan fingerprint density at radius 2 is 2.30 bits per heavy atom. The van der Waals surface area contributed by atoms with Crippen LogP contribution in [0.25, 0.3) is 0 Å². The second kappa shape index (κ2) is 5.91. The second-order valence-corrected chi connectivity index (χ2v) is 5.39. The van der Waals surface area contributed by atoms with Gasteiger partial charge in [0.05, 0.1) is 6.42 Å². The summed E-state index contributed by atoms with van der Waals surface area (Å²) < 4.78 is 5.38.